The highest BCUT2D eigenvalue weighted by molar-refractivity contribution is 5.66. The van der Waals surface area contributed by atoms with Crippen LogP contribution in [0.2, 0.25) is 0 Å². The zero-order valence-corrected chi connectivity index (χ0v) is 12.9. The number of nitrogens with zero attached hydrogens (tertiary/aromatic N) is 2. The number of carbonyl (C=O) groups is 1. The van der Waals surface area contributed by atoms with Crippen LogP contribution in [0.5, 0.6) is 0 Å². The largest absolute Gasteiger partial charge is 0.481 e. The lowest BCUT2D eigenvalue weighted by Crippen LogP contribution is -2.24. The summed E-state index contributed by atoms with van der Waals surface area (Å²) in [6.45, 7) is 7.11. The second kappa shape index (κ2) is 7.63. The van der Waals surface area contributed by atoms with Gasteiger partial charge in [0.25, 0.3) is 0 Å². The van der Waals surface area contributed by atoms with Crippen LogP contribution in [0.15, 0.2) is 18.2 Å². The molecule has 1 aromatic rings. The summed E-state index contributed by atoms with van der Waals surface area (Å²) in [4.78, 5) is 14.9. The fourth-order valence-electron chi connectivity index (χ4n) is 2.28. The SMILES string of the molecule is CC(C)(C)C(CCNc1cccc(C#N)n1)CCC(=O)O. The van der Waals surface area contributed by atoms with Gasteiger partial charge in [-0.1, -0.05) is 26.8 Å². The molecule has 0 spiro atoms. The third kappa shape index (κ3) is 6.26. The number of anilines is 1. The number of hydrogen-bond acceptors (Lipinski definition) is 4. The maximum atomic E-state index is 10.7. The summed E-state index contributed by atoms with van der Waals surface area (Å²) in [6, 6.07) is 7.28. The molecule has 1 aromatic heterocycles. The highest BCUT2D eigenvalue weighted by Gasteiger charge is 2.24. The van der Waals surface area contributed by atoms with E-state index in [0.29, 0.717) is 30.4 Å². The normalized spacial score (nSPS) is 12.5. The molecular weight excluding hydrogens is 266 g/mol. The lowest BCUT2D eigenvalue weighted by atomic mass is 9.76. The van der Waals surface area contributed by atoms with Crippen LogP contribution in [0.3, 0.4) is 0 Å². The van der Waals surface area contributed by atoms with Gasteiger partial charge in [-0.3, -0.25) is 4.79 Å². The number of hydrogen-bond donors (Lipinski definition) is 2. The smallest absolute Gasteiger partial charge is 0.303 e. The Morgan fingerprint density at radius 1 is 1.43 bits per heavy atom. The molecule has 0 aliphatic rings. The van der Waals surface area contributed by atoms with E-state index in [1.54, 1.807) is 12.1 Å². The minimum atomic E-state index is -0.749. The van der Waals surface area contributed by atoms with Gasteiger partial charge in [-0.15, -0.1) is 0 Å². The minimum absolute atomic E-state index is 0.0685. The van der Waals surface area contributed by atoms with Gasteiger partial charge in [-0.2, -0.15) is 5.26 Å². The molecule has 0 fully saturated rings. The van der Waals surface area contributed by atoms with Crippen LogP contribution in [0.1, 0.15) is 45.7 Å². The Bertz CT molecular complexity index is 515. The van der Waals surface area contributed by atoms with Gasteiger partial charge in [0, 0.05) is 13.0 Å². The molecule has 5 nitrogen and oxygen atoms in total. The molecule has 5 heteroatoms. The van der Waals surface area contributed by atoms with Crippen LogP contribution >= 0.6 is 0 Å². The Hall–Kier alpha value is -2.09. The van der Waals surface area contributed by atoms with E-state index in [1.165, 1.54) is 0 Å². The van der Waals surface area contributed by atoms with Gasteiger partial charge in [-0.05, 0) is 36.3 Å². The molecule has 0 radical (unpaired) electrons. The Labute approximate surface area is 126 Å². The molecule has 0 saturated heterocycles. The molecule has 1 rings (SSSR count). The minimum Gasteiger partial charge on any atom is -0.481 e. The molecule has 1 atom stereocenters. The quantitative estimate of drug-likeness (QED) is 0.804. The van der Waals surface area contributed by atoms with Gasteiger partial charge in [-0.25, -0.2) is 4.98 Å². The lowest BCUT2D eigenvalue weighted by Gasteiger charge is -2.30. The molecule has 0 amide bonds. The van der Waals surface area contributed by atoms with E-state index in [1.807, 2.05) is 12.1 Å². The van der Waals surface area contributed by atoms with Crippen molar-refractivity contribution in [2.45, 2.75) is 40.0 Å². The van der Waals surface area contributed by atoms with Crippen molar-refractivity contribution < 1.29 is 9.90 Å². The number of carboxylic acids is 1. The summed E-state index contributed by atoms with van der Waals surface area (Å²) < 4.78 is 0. The standard InChI is InChI=1S/C16H23N3O2/c1-16(2,3)12(7-8-15(20)21)9-10-18-14-6-4-5-13(11-17)19-14/h4-6,12H,7-10H2,1-3H3,(H,18,19)(H,20,21). The van der Waals surface area contributed by atoms with Crippen molar-refractivity contribution in [1.29, 1.82) is 5.26 Å². The maximum Gasteiger partial charge on any atom is 0.303 e. The molecule has 0 aliphatic carbocycles. The Balaban J connectivity index is 2.53. The summed E-state index contributed by atoms with van der Waals surface area (Å²) in [7, 11) is 0. The molecule has 0 aromatic carbocycles. The summed E-state index contributed by atoms with van der Waals surface area (Å²) >= 11 is 0. The van der Waals surface area contributed by atoms with E-state index >= 15 is 0 Å². The van der Waals surface area contributed by atoms with Crippen LogP contribution in [-0.2, 0) is 4.79 Å². The van der Waals surface area contributed by atoms with Crippen molar-refractivity contribution >= 4 is 11.8 Å². The van der Waals surface area contributed by atoms with Gasteiger partial charge in [0.2, 0.25) is 0 Å². The van der Waals surface area contributed by atoms with Gasteiger partial charge in [0.05, 0.1) is 0 Å². The second-order valence-corrected chi connectivity index (χ2v) is 6.23. The highest BCUT2D eigenvalue weighted by Crippen LogP contribution is 2.32. The predicted molar refractivity (Wildman–Crippen MR) is 81.9 cm³/mol. The molecule has 0 aliphatic heterocycles. The molecule has 21 heavy (non-hydrogen) atoms. The van der Waals surface area contributed by atoms with Gasteiger partial charge in [0.15, 0.2) is 0 Å². The number of aromatic nitrogens is 1. The van der Waals surface area contributed by atoms with Crippen LogP contribution < -0.4 is 5.32 Å². The summed E-state index contributed by atoms with van der Waals surface area (Å²) in [6.07, 6.45) is 1.74. The molecule has 1 heterocycles. The monoisotopic (exact) mass is 289 g/mol. The molecule has 114 valence electrons. The van der Waals surface area contributed by atoms with Crippen LogP contribution in [-0.4, -0.2) is 22.6 Å². The van der Waals surface area contributed by atoms with E-state index in [2.05, 4.69) is 31.1 Å². The van der Waals surface area contributed by atoms with Gasteiger partial charge < -0.3 is 10.4 Å². The summed E-state index contributed by atoms with van der Waals surface area (Å²) in [5.74, 6) is 0.251. The number of nitriles is 1. The number of carboxylic acid groups (broad SMARTS) is 1. The molecular formula is C16H23N3O2. The molecule has 0 saturated carbocycles. The molecule has 0 bridgehead atoms. The van der Waals surface area contributed by atoms with E-state index in [9.17, 15) is 4.79 Å². The Morgan fingerprint density at radius 2 is 2.14 bits per heavy atom. The van der Waals surface area contributed by atoms with Crippen LogP contribution in [0.25, 0.3) is 0 Å². The first-order valence-electron chi connectivity index (χ1n) is 7.15. The van der Waals surface area contributed by atoms with Crippen molar-refractivity contribution in [3.63, 3.8) is 0 Å². The zero-order chi connectivity index (χ0) is 15.9. The van der Waals surface area contributed by atoms with Crippen LogP contribution in [0.4, 0.5) is 5.82 Å². The number of nitrogens with one attached hydrogen (secondary N) is 1. The first-order chi connectivity index (χ1) is 9.82. The second-order valence-electron chi connectivity index (χ2n) is 6.23. The zero-order valence-electron chi connectivity index (χ0n) is 12.9. The van der Waals surface area contributed by atoms with Crippen molar-refractivity contribution in [3.05, 3.63) is 23.9 Å². The lowest BCUT2D eigenvalue weighted by molar-refractivity contribution is -0.137. The fraction of sp³-hybridized carbons (Fsp3) is 0.562. The van der Waals surface area contributed by atoms with E-state index < -0.39 is 5.97 Å². The Morgan fingerprint density at radius 3 is 2.71 bits per heavy atom. The topological polar surface area (TPSA) is 86.0 Å². The highest BCUT2D eigenvalue weighted by atomic mass is 16.4. The average molecular weight is 289 g/mol. The van der Waals surface area contributed by atoms with Crippen molar-refractivity contribution in [3.8, 4) is 6.07 Å². The molecule has 1 unspecified atom stereocenters. The van der Waals surface area contributed by atoms with Gasteiger partial charge in [0.1, 0.15) is 17.6 Å². The molecule has 2 N–H and O–H groups in total. The van der Waals surface area contributed by atoms with Crippen molar-refractivity contribution in [1.82, 2.24) is 4.98 Å². The van der Waals surface area contributed by atoms with E-state index in [-0.39, 0.29) is 11.8 Å². The summed E-state index contributed by atoms with van der Waals surface area (Å²) in [5.41, 5.74) is 0.456. The maximum absolute atomic E-state index is 10.7. The number of aliphatic carboxylic acids is 1. The average Bonchev–Trinajstić information content (AvgIpc) is 2.41. The Kier molecular flexibility index (Phi) is 6.16. The third-order valence-electron chi connectivity index (χ3n) is 3.59. The predicted octanol–water partition coefficient (Wildman–Crippen LogP) is 3.28. The first kappa shape index (κ1) is 17.0. The van der Waals surface area contributed by atoms with E-state index in [4.69, 9.17) is 10.4 Å². The third-order valence-corrected chi connectivity index (χ3v) is 3.59. The van der Waals surface area contributed by atoms with Crippen molar-refractivity contribution in [2.24, 2.45) is 11.3 Å². The first-order valence-corrected chi connectivity index (χ1v) is 7.15. The van der Waals surface area contributed by atoms with Crippen molar-refractivity contribution in [2.75, 3.05) is 11.9 Å². The number of rotatable bonds is 7. The van der Waals surface area contributed by atoms with E-state index in [0.717, 1.165) is 6.42 Å². The van der Waals surface area contributed by atoms with Crippen LogP contribution in [0, 0.1) is 22.7 Å². The number of pyridine rings is 1. The fourth-order valence-corrected chi connectivity index (χ4v) is 2.28. The van der Waals surface area contributed by atoms with Gasteiger partial charge >= 0.3 is 5.97 Å². The summed E-state index contributed by atoms with van der Waals surface area (Å²) in [5, 5.41) is 20.8.